The van der Waals surface area contributed by atoms with Crippen molar-refractivity contribution in [3.8, 4) is 0 Å². The highest BCUT2D eigenvalue weighted by Gasteiger charge is 2.24. The maximum atomic E-state index is 3.81. The van der Waals surface area contributed by atoms with Crippen molar-refractivity contribution in [3.63, 3.8) is 0 Å². The maximum absolute atomic E-state index is 3.81. The molecule has 2 unspecified atom stereocenters. The van der Waals surface area contributed by atoms with Crippen molar-refractivity contribution in [2.75, 3.05) is 0 Å². The lowest BCUT2D eigenvalue weighted by Gasteiger charge is -2.33. The smallest absolute Gasteiger partial charge is 0.0224 e. The zero-order chi connectivity index (χ0) is 17.3. The molecule has 1 aliphatic carbocycles. The molecule has 150 valence electrons. The predicted molar refractivity (Wildman–Crippen MR) is 121 cm³/mol. The lowest BCUT2D eigenvalue weighted by molar-refractivity contribution is 0.281. The molecular formula is C23H34Cl2N2. The molecule has 0 radical (unpaired) electrons. The largest absolute Gasteiger partial charge is 0.308 e. The molecule has 0 bridgehead atoms. The quantitative estimate of drug-likeness (QED) is 0.587. The van der Waals surface area contributed by atoms with Gasteiger partial charge >= 0.3 is 0 Å². The average Bonchev–Trinajstić information content (AvgIpc) is 2.67. The van der Waals surface area contributed by atoms with Gasteiger partial charge in [-0.05, 0) is 36.0 Å². The molecular weight excluding hydrogens is 375 g/mol. The molecule has 0 aromatic heterocycles. The minimum atomic E-state index is 0. The number of halogens is 2. The van der Waals surface area contributed by atoms with Gasteiger partial charge < -0.3 is 10.6 Å². The van der Waals surface area contributed by atoms with Crippen LogP contribution in [0.1, 0.15) is 55.7 Å². The van der Waals surface area contributed by atoms with E-state index in [1.54, 1.807) is 0 Å². The number of benzene rings is 2. The Kier molecular flexibility index (Phi) is 11.7. The lowest BCUT2D eigenvalue weighted by atomic mass is 9.90. The monoisotopic (exact) mass is 408 g/mol. The highest BCUT2D eigenvalue weighted by molar-refractivity contribution is 5.85. The van der Waals surface area contributed by atoms with Crippen LogP contribution in [0.2, 0.25) is 0 Å². The van der Waals surface area contributed by atoms with Gasteiger partial charge in [0.25, 0.3) is 0 Å². The average molecular weight is 409 g/mol. The summed E-state index contributed by atoms with van der Waals surface area (Å²) in [6, 6.07) is 21.0. The second-order valence-corrected chi connectivity index (χ2v) is 7.31. The summed E-state index contributed by atoms with van der Waals surface area (Å²) in [5, 5.41) is 7.60. The predicted octanol–water partition coefficient (Wildman–Crippen LogP) is 5.67. The van der Waals surface area contributed by atoms with Crippen LogP contribution in [0, 0.1) is 0 Å². The first-order chi connectivity index (χ1) is 12.3. The summed E-state index contributed by atoms with van der Waals surface area (Å²) in [4.78, 5) is 0. The van der Waals surface area contributed by atoms with E-state index in [0.717, 1.165) is 13.1 Å². The summed E-state index contributed by atoms with van der Waals surface area (Å²) in [5.74, 6) is 0. The van der Waals surface area contributed by atoms with Gasteiger partial charge in [0, 0.05) is 25.2 Å². The topological polar surface area (TPSA) is 24.1 Å². The van der Waals surface area contributed by atoms with Gasteiger partial charge in [-0.2, -0.15) is 0 Å². The normalized spacial score (nSPS) is 19.0. The van der Waals surface area contributed by atoms with E-state index < -0.39 is 0 Å². The summed E-state index contributed by atoms with van der Waals surface area (Å²) < 4.78 is 0. The van der Waals surface area contributed by atoms with E-state index >= 15 is 0 Å². The van der Waals surface area contributed by atoms with Crippen molar-refractivity contribution < 1.29 is 0 Å². The second kappa shape index (κ2) is 13.2. The second-order valence-electron chi connectivity index (χ2n) is 7.31. The van der Waals surface area contributed by atoms with E-state index in [9.17, 15) is 0 Å². The van der Waals surface area contributed by atoms with Gasteiger partial charge in [-0.3, -0.25) is 0 Å². The Balaban J connectivity index is 0.00000182. The number of rotatable bonds is 8. The Morgan fingerprint density at radius 3 is 1.70 bits per heavy atom. The molecule has 0 amide bonds. The molecule has 2 nitrogen and oxygen atoms in total. The van der Waals surface area contributed by atoms with Crippen molar-refractivity contribution in [2.45, 2.75) is 70.6 Å². The van der Waals surface area contributed by atoms with Gasteiger partial charge in [-0.1, -0.05) is 80.8 Å². The van der Waals surface area contributed by atoms with E-state index in [-0.39, 0.29) is 24.8 Å². The van der Waals surface area contributed by atoms with Crippen LogP contribution in [0.3, 0.4) is 0 Å². The summed E-state index contributed by atoms with van der Waals surface area (Å²) >= 11 is 0. The first-order valence-electron chi connectivity index (χ1n) is 9.93. The van der Waals surface area contributed by atoms with E-state index in [0.29, 0.717) is 12.1 Å². The van der Waals surface area contributed by atoms with Crippen LogP contribution in [0.15, 0.2) is 54.6 Å². The van der Waals surface area contributed by atoms with E-state index in [2.05, 4.69) is 72.2 Å². The molecule has 2 atom stereocenters. The van der Waals surface area contributed by atoms with E-state index in [1.807, 2.05) is 0 Å². The number of hydrogen-bond donors (Lipinski definition) is 2. The molecule has 0 aliphatic heterocycles. The maximum Gasteiger partial charge on any atom is 0.0224 e. The fourth-order valence-corrected chi connectivity index (χ4v) is 3.83. The molecule has 0 heterocycles. The molecule has 1 aliphatic rings. The summed E-state index contributed by atoms with van der Waals surface area (Å²) in [7, 11) is 0. The van der Waals surface area contributed by atoms with Crippen molar-refractivity contribution in [2.24, 2.45) is 0 Å². The van der Waals surface area contributed by atoms with Crippen LogP contribution < -0.4 is 10.6 Å². The van der Waals surface area contributed by atoms with Crippen molar-refractivity contribution in [1.29, 1.82) is 0 Å². The minimum absolute atomic E-state index is 0. The van der Waals surface area contributed by atoms with Crippen molar-refractivity contribution >= 4 is 24.8 Å². The van der Waals surface area contributed by atoms with Gasteiger partial charge in [-0.25, -0.2) is 0 Å². The van der Waals surface area contributed by atoms with E-state index in [1.165, 1.54) is 55.2 Å². The van der Waals surface area contributed by atoms with Gasteiger partial charge in [0.1, 0.15) is 0 Å². The molecule has 0 saturated heterocycles. The Morgan fingerprint density at radius 1 is 0.704 bits per heavy atom. The Hall–Kier alpha value is -1.06. The Morgan fingerprint density at radius 2 is 1.19 bits per heavy atom. The van der Waals surface area contributed by atoms with Crippen LogP contribution in [0.4, 0.5) is 0 Å². The summed E-state index contributed by atoms with van der Waals surface area (Å²) in [6.07, 6.45) is 7.64. The Labute approximate surface area is 177 Å². The molecule has 0 spiro atoms. The van der Waals surface area contributed by atoms with Crippen LogP contribution in [-0.4, -0.2) is 12.1 Å². The Bertz CT molecular complexity index is 616. The van der Waals surface area contributed by atoms with Gasteiger partial charge in [0.15, 0.2) is 0 Å². The number of nitrogens with one attached hydrogen (secondary N) is 2. The molecule has 2 N–H and O–H groups in total. The minimum Gasteiger partial charge on any atom is -0.308 e. The standard InChI is InChI=1S/C23H32N2.2ClH/c1-2-8-19-13-15-21(16-14-19)18-25-23-12-7-6-11-22(23)24-17-20-9-4-3-5-10-20;;/h3-5,9-10,13-16,22-25H,2,6-8,11-12,17-18H2,1H3;2*1H. The molecule has 2 aromatic carbocycles. The first kappa shape index (κ1) is 24.0. The van der Waals surface area contributed by atoms with Crippen molar-refractivity contribution in [3.05, 3.63) is 71.3 Å². The van der Waals surface area contributed by atoms with E-state index in [4.69, 9.17) is 0 Å². The van der Waals surface area contributed by atoms with Crippen LogP contribution in [0.5, 0.6) is 0 Å². The van der Waals surface area contributed by atoms with Gasteiger partial charge in [-0.15, -0.1) is 24.8 Å². The van der Waals surface area contributed by atoms with Crippen LogP contribution >= 0.6 is 24.8 Å². The lowest BCUT2D eigenvalue weighted by Crippen LogP contribution is -2.49. The SMILES string of the molecule is CCCc1ccc(CNC2CCCCC2NCc2ccccc2)cc1.Cl.Cl. The third kappa shape index (κ3) is 7.83. The highest BCUT2D eigenvalue weighted by Crippen LogP contribution is 2.20. The molecule has 1 saturated carbocycles. The van der Waals surface area contributed by atoms with Gasteiger partial charge in [0.05, 0.1) is 0 Å². The van der Waals surface area contributed by atoms with Crippen LogP contribution in [-0.2, 0) is 19.5 Å². The first-order valence-corrected chi connectivity index (χ1v) is 9.93. The van der Waals surface area contributed by atoms with Gasteiger partial charge in [0.2, 0.25) is 0 Å². The molecule has 3 rings (SSSR count). The number of hydrogen-bond acceptors (Lipinski definition) is 2. The fourth-order valence-electron chi connectivity index (χ4n) is 3.83. The summed E-state index contributed by atoms with van der Waals surface area (Å²) in [6.45, 7) is 4.18. The molecule has 27 heavy (non-hydrogen) atoms. The highest BCUT2D eigenvalue weighted by atomic mass is 35.5. The summed E-state index contributed by atoms with van der Waals surface area (Å²) in [5.41, 5.74) is 4.22. The van der Waals surface area contributed by atoms with Crippen LogP contribution in [0.25, 0.3) is 0 Å². The number of aryl methyl sites for hydroxylation is 1. The van der Waals surface area contributed by atoms with Crippen molar-refractivity contribution in [1.82, 2.24) is 10.6 Å². The zero-order valence-electron chi connectivity index (χ0n) is 16.3. The molecule has 4 heteroatoms. The third-order valence-corrected chi connectivity index (χ3v) is 5.31. The molecule has 2 aromatic rings. The third-order valence-electron chi connectivity index (χ3n) is 5.31. The zero-order valence-corrected chi connectivity index (χ0v) is 18.0. The fraction of sp³-hybridized carbons (Fsp3) is 0.478. The molecule has 1 fully saturated rings.